The molecule has 3 aromatic rings. The van der Waals surface area contributed by atoms with E-state index in [-0.39, 0.29) is 0 Å². The second kappa shape index (κ2) is 5.89. The van der Waals surface area contributed by atoms with Crippen LogP contribution in [0.1, 0.15) is 5.69 Å². The van der Waals surface area contributed by atoms with Crippen LogP contribution in [0.2, 0.25) is 0 Å². The number of aryl methyl sites for hydroxylation is 1. The zero-order valence-corrected chi connectivity index (χ0v) is 12.7. The average molecular weight is 296 g/mol. The zero-order chi connectivity index (χ0) is 15.5. The molecule has 2 heterocycles. The summed E-state index contributed by atoms with van der Waals surface area (Å²) < 4.78 is 16.7. The molecule has 0 atom stereocenters. The molecule has 0 aliphatic carbocycles. The minimum absolute atomic E-state index is 0.635. The maximum absolute atomic E-state index is 6.00. The van der Waals surface area contributed by atoms with Crippen molar-refractivity contribution in [2.45, 2.75) is 6.92 Å². The molecular weight excluding hydrogens is 280 g/mol. The van der Waals surface area contributed by atoms with Crippen molar-refractivity contribution in [3.63, 3.8) is 0 Å². The van der Waals surface area contributed by atoms with E-state index in [2.05, 4.69) is 9.97 Å². The molecule has 0 amide bonds. The molecule has 0 saturated carbocycles. The van der Waals surface area contributed by atoms with Crippen LogP contribution in [-0.2, 0) is 0 Å². The summed E-state index contributed by atoms with van der Waals surface area (Å²) in [7, 11) is 3.20. The maximum atomic E-state index is 6.00. The molecule has 5 heteroatoms. The quantitative estimate of drug-likeness (QED) is 0.734. The summed E-state index contributed by atoms with van der Waals surface area (Å²) in [5.74, 6) is 2.68. The minimum atomic E-state index is 0.635. The first kappa shape index (κ1) is 14.1. The monoisotopic (exact) mass is 296 g/mol. The fourth-order valence-electron chi connectivity index (χ4n) is 2.23. The minimum Gasteiger partial charge on any atom is -0.493 e. The van der Waals surface area contributed by atoms with E-state index >= 15 is 0 Å². The van der Waals surface area contributed by atoms with E-state index in [0.29, 0.717) is 23.0 Å². The number of hydrogen-bond donors (Lipinski definition) is 0. The van der Waals surface area contributed by atoms with Gasteiger partial charge in [0.2, 0.25) is 0 Å². The van der Waals surface area contributed by atoms with E-state index in [0.717, 1.165) is 16.6 Å². The summed E-state index contributed by atoms with van der Waals surface area (Å²) in [4.78, 5) is 8.59. The zero-order valence-electron chi connectivity index (χ0n) is 12.7. The molecule has 0 aliphatic rings. The van der Waals surface area contributed by atoms with E-state index in [9.17, 15) is 0 Å². The van der Waals surface area contributed by atoms with Crippen molar-refractivity contribution in [3.05, 3.63) is 48.4 Å². The van der Waals surface area contributed by atoms with Crippen LogP contribution in [0, 0.1) is 6.92 Å². The molecule has 0 saturated heterocycles. The van der Waals surface area contributed by atoms with Crippen molar-refractivity contribution in [1.29, 1.82) is 0 Å². The Morgan fingerprint density at radius 3 is 2.32 bits per heavy atom. The molecule has 22 heavy (non-hydrogen) atoms. The van der Waals surface area contributed by atoms with Gasteiger partial charge in [0.1, 0.15) is 11.5 Å². The number of methoxy groups -OCH3 is 2. The molecular formula is C17H16N2O3. The van der Waals surface area contributed by atoms with Crippen molar-refractivity contribution >= 4 is 10.9 Å². The highest BCUT2D eigenvalue weighted by molar-refractivity contribution is 5.88. The summed E-state index contributed by atoms with van der Waals surface area (Å²) in [6.07, 6.45) is 3.44. The van der Waals surface area contributed by atoms with Gasteiger partial charge in [-0.25, -0.2) is 0 Å². The predicted octanol–water partition coefficient (Wildman–Crippen LogP) is 3.75. The average Bonchev–Trinajstić information content (AvgIpc) is 2.56. The molecule has 0 N–H and O–H groups in total. The van der Waals surface area contributed by atoms with E-state index < -0.39 is 0 Å². The smallest absolute Gasteiger partial charge is 0.162 e. The lowest BCUT2D eigenvalue weighted by molar-refractivity contribution is 0.355. The standard InChI is InChI=1S/C17H16N2O3/c1-11-14(5-4-7-18-11)22-15-6-8-19-13-10-17(21-3)16(20-2)9-12(13)15/h4-10H,1-3H3. The van der Waals surface area contributed by atoms with Gasteiger partial charge in [0.25, 0.3) is 0 Å². The van der Waals surface area contributed by atoms with Crippen molar-refractivity contribution in [3.8, 4) is 23.0 Å². The number of ether oxygens (including phenoxy) is 3. The second-order valence-corrected chi connectivity index (χ2v) is 4.72. The van der Waals surface area contributed by atoms with Crippen LogP contribution in [0.25, 0.3) is 10.9 Å². The van der Waals surface area contributed by atoms with Crippen LogP contribution >= 0.6 is 0 Å². The number of fused-ring (bicyclic) bond motifs is 1. The molecule has 0 fully saturated rings. The lowest BCUT2D eigenvalue weighted by Crippen LogP contribution is -1.94. The van der Waals surface area contributed by atoms with Crippen LogP contribution in [0.3, 0.4) is 0 Å². The number of hydrogen-bond acceptors (Lipinski definition) is 5. The molecule has 0 bridgehead atoms. The Hall–Kier alpha value is -2.82. The van der Waals surface area contributed by atoms with Crippen LogP contribution in [0.5, 0.6) is 23.0 Å². The third kappa shape index (κ3) is 2.53. The van der Waals surface area contributed by atoms with Gasteiger partial charge in [0, 0.05) is 23.8 Å². The molecule has 112 valence electrons. The molecule has 0 aliphatic heterocycles. The van der Waals surface area contributed by atoms with Crippen LogP contribution < -0.4 is 14.2 Å². The first-order valence-corrected chi connectivity index (χ1v) is 6.83. The Bertz CT molecular complexity index is 818. The van der Waals surface area contributed by atoms with Gasteiger partial charge in [0.15, 0.2) is 11.5 Å². The number of rotatable bonds is 4. The fraction of sp³-hybridized carbons (Fsp3) is 0.176. The summed E-state index contributed by atoms with van der Waals surface area (Å²) in [6, 6.07) is 9.24. The Morgan fingerprint density at radius 1 is 0.818 bits per heavy atom. The van der Waals surface area contributed by atoms with E-state index in [1.54, 1.807) is 26.6 Å². The number of nitrogens with zero attached hydrogens (tertiary/aromatic N) is 2. The lowest BCUT2D eigenvalue weighted by atomic mass is 10.2. The van der Waals surface area contributed by atoms with Gasteiger partial charge in [-0.05, 0) is 31.2 Å². The van der Waals surface area contributed by atoms with Crippen LogP contribution in [0.4, 0.5) is 0 Å². The van der Waals surface area contributed by atoms with Gasteiger partial charge >= 0.3 is 0 Å². The first-order valence-electron chi connectivity index (χ1n) is 6.83. The van der Waals surface area contributed by atoms with Gasteiger partial charge < -0.3 is 14.2 Å². The van der Waals surface area contributed by atoms with Crippen molar-refractivity contribution in [1.82, 2.24) is 9.97 Å². The first-order chi connectivity index (χ1) is 10.7. The van der Waals surface area contributed by atoms with Crippen LogP contribution in [0.15, 0.2) is 42.7 Å². The van der Waals surface area contributed by atoms with E-state index in [4.69, 9.17) is 14.2 Å². The van der Waals surface area contributed by atoms with Gasteiger partial charge in [-0.15, -0.1) is 0 Å². The van der Waals surface area contributed by atoms with Crippen molar-refractivity contribution in [2.24, 2.45) is 0 Å². The number of benzene rings is 1. The molecule has 1 aromatic carbocycles. The van der Waals surface area contributed by atoms with Gasteiger partial charge in [-0.3, -0.25) is 9.97 Å². The molecule has 0 spiro atoms. The summed E-state index contributed by atoms with van der Waals surface area (Å²) in [6.45, 7) is 1.91. The Kier molecular flexibility index (Phi) is 3.78. The molecule has 3 rings (SSSR count). The largest absolute Gasteiger partial charge is 0.493 e. The third-order valence-corrected chi connectivity index (χ3v) is 3.39. The Morgan fingerprint density at radius 2 is 1.59 bits per heavy atom. The topological polar surface area (TPSA) is 53.5 Å². The third-order valence-electron chi connectivity index (χ3n) is 3.39. The molecule has 2 aromatic heterocycles. The predicted molar refractivity (Wildman–Crippen MR) is 83.9 cm³/mol. The number of pyridine rings is 2. The summed E-state index contributed by atoms with van der Waals surface area (Å²) in [5.41, 5.74) is 1.60. The normalized spacial score (nSPS) is 10.5. The SMILES string of the molecule is COc1cc2nccc(Oc3cccnc3C)c2cc1OC. The van der Waals surface area contributed by atoms with Crippen molar-refractivity contribution < 1.29 is 14.2 Å². The number of aromatic nitrogens is 2. The molecule has 5 nitrogen and oxygen atoms in total. The highest BCUT2D eigenvalue weighted by atomic mass is 16.5. The van der Waals surface area contributed by atoms with Crippen molar-refractivity contribution in [2.75, 3.05) is 14.2 Å². The highest BCUT2D eigenvalue weighted by Crippen LogP contribution is 2.37. The highest BCUT2D eigenvalue weighted by Gasteiger charge is 2.12. The Labute approximate surface area is 128 Å². The van der Waals surface area contributed by atoms with E-state index in [1.807, 2.05) is 37.3 Å². The molecule has 0 unspecified atom stereocenters. The Balaban J connectivity index is 2.12. The molecule has 0 radical (unpaired) electrons. The van der Waals surface area contributed by atoms with Gasteiger partial charge in [-0.1, -0.05) is 0 Å². The fourth-order valence-corrected chi connectivity index (χ4v) is 2.23. The van der Waals surface area contributed by atoms with Gasteiger partial charge in [0.05, 0.1) is 25.4 Å². The second-order valence-electron chi connectivity index (χ2n) is 4.72. The maximum Gasteiger partial charge on any atom is 0.162 e. The summed E-state index contributed by atoms with van der Waals surface area (Å²) in [5, 5.41) is 0.850. The van der Waals surface area contributed by atoms with Crippen LogP contribution in [-0.4, -0.2) is 24.2 Å². The lowest BCUT2D eigenvalue weighted by Gasteiger charge is -2.13. The van der Waals surface area contributed by atoms with E-state index in [1.165, 1.54) is 0 Å². The summed E-state index contributed by atoms with van der Waals surface area (Å²) >= 11 is 0. The van der Waals surface area contributed by atoms with Gasteiger partial charge in [-0.2, -0.15) is 0 Å².